The molecule has 2 aromatic rings. The average molecular weight is 392 g/mol. The highest BCUT2D eigenvalue weighted by Gasteiger charge is 2.17. The summed E-state index contributed by atoms with van der Waals surface area (Å²) in [6, 6.07) is 2.96. The number of hydrogen-bond donors (Lipinski definition) is 2. The van der Waals surface area contributed by atoms with Gasteiger partial charge < -0.3 is 18.7 Å². The lowest BCUT2D eigenvalue weighted by Crippen LogP contribution is -2.41. The fourth-order valence-corrected chi connectivity index (χ4v) is 2.30. The molecule has 0 saturated carbocycles. The number of methoxy groups -OCH3 is 3. The third-order valence-electron chi connectivity index (χ3n) is 3.81. The van der Waals surface area contributed by atoms with E-state index in [2.05, 4.69) is 21.0 Å². The molecule has 1 aromatic heterocycles. The van der Waals surface area contributed by atoms with E-state index in [9.17, 15) is 9.59 Å². The SMILES string of the molecule is COc1cc(C(=O)NNC(=O)CCc2nc(C(C)C)no2)cc(OC)c1OC. The molecule has 1 heterocycles. The van der Waals surface area contributed by atoms with Crippen LogP contribution in [0.3, 0.4) is 0 Å². The van der Waals surface area contributed by atoms with E-state index < -0.39 is 11.8 Å². The summed E-state index contributed by atoms with van der Waals surface area (Å²) in [6.45, 7) is 3.89. The van der Waals surface area contributed by atoms with E-state index in [1.165, 1.54) is 33.5 Å². The molecule has 10 heteroatoms. The first kappa shape index (κ1) is 21.0. The summed E-state index contributed by atoms with van der Waals surface area (Å²) in [5.41, 5.74) is 4.91. The number of rotatable bonds is 8. The van der Waals surface area contributed by atoms with E-state index >= 15 is 0 Å². The molecule has 2 amide bonds. The van der Waals surface area contributed by atoms with Crippen LogP contribution in [0.2, 0.25) is 0 Å². The smallest absolute Gasteiger partial charge is 0.269 e. The predicted molar refractivity (Wildman–Crippen MR) is 98.4 cm³/mol. The zero-order valence-electron chi connectivity index (χ0n) is 16.5. The first-order chi connectivity index (χ1) is 13.4. The Labute approximate surface area is 162 Å². The Morgan fingerprint density at radius 1 is 1.07 bits per heavy atom. The molecular weight excluding hydrogens is 368 g/mol. The minimum absolute atomic E-state index is 0.0786. The van der Waals surface area contributed by atoms with Crippen molar-refractivity contribution in [3.8, 4) is 17.2 Å². The van der Waals surface area contributed by atoms with Crippen molar-refractivity contribution in [2.45, 2.75) is 32.6 Å². The maximum absolute atomic E-state index is 12.3. The van der Waals surface area contributed by atoms with Gasteiger partial charge in [-0.25, -0.2) is 0 Å². The Hall–Kier alpha value is -3.30. The van der Waals surface area contributed by atoms with Crippen molar-refractivity contribution in [2.24, 2.45) is 0 Å². The number of nitrogens with zero attached hydrogens (tertiary/aromatic N) is 2. The number of nitrogens with one attached hydrogen (secondary N) is 2. The van der Waals surface area contributed by atoms with Gasteiger partial charge in [-0.3, -0.25) is 20.4 Å². The van der Waals surface area contributed by atoms with Gasteiger partial charge in [0.25, 0.3) is 5.91 Å². The molecule has 2 rings (SSSR count). The molecule has 0 aliphatic carbocycles. The quantitative estimate of drug-likeness (QED) is 0.649. The minimum atomic E-state index is -0.535. The molecule has 0 aliphatic heterocycles. The summed E-state index contributed by atoms with van der Waals surface area (Å²) in [5.74, 6) is 1.19. The van der Waals surface area contributed by atoms with Gasteiger partial charge in [-0.15, -0.1) is 0 Å². The number of benzene rings is 1. The summed E-state index contributed by atoms with van der Waals surface area (Å²) in [4.78, 5) is 28.5. The molecular formula is C18H24N4O6. The van der Waals surface area contributed by atoms with Gasteiger partial charge in [-0.2, -0.15) is 4.98 Å². The fraction of sp³-hybridized carbons (Fsp3) is 0.444. The molecule has 0 unspecified atom stereocenters. The Bertz CT molecular complexity index is 808. The highest BCUT2D eigenvalue weighted by atomic mass is 16.5. The third kappa shape index (κ3) is 5.12. The zero-order chi connectivity index (χ0) is 20.7. The van der Waals surface area contributed by atoms with Crippen molar-refractivity contribution >= 4 is 11.8 Å². The molecule has 1 aromatic carbocycles. The molecule has 0 radical (unpaired) electrons. The van der Waals surface area contributed by atoms with Gasteiger partial charge in [0.15, 0.2) is 17.3 Å². The van der Waals surface area contributed by atoms with Gasteiger partial charge in [-0.05, 0) is 12.1 Å². The molecule has 0 aliphatic rings. The third-order valence-corrected chi connectivity index (χ3v) is 3.81. The van der Waals surface area contributed by atoms with Gasteiger partial charge in [-0.1, -0.05) is 19.0 Å². The van der Waals surface area contributed by atoms with E-state index in [1.807, 2.05) is 13.8 Å². The fourth-order valence-electron chi connectivity index (χ4n) is 2.30. The van der Waals surface area contributed by atoms with Crippen LogP contribution in [0.15, 0.2) is 16.7 Å². The van der Waals surface area contributed by atoms with Crippen LogP contribution < -0.4 is 25.1 Å². The van der Waals surface area contributed by atoms with Crippen molar-refractivity contribution in [1.82, 2.24) is 21.0 Å². The van der Waals surface area contributed by atoms with Gasteiger partial charge in [0.1, 0.15) is 0 Å². The minimum Gasteiger partial charge on any atom is -0.493 e. The van der Waals surface area contributed by atoms with E-state index in [-0.39, 0.29) is 24.3 Å². The summed E-state index contributed by atoms with van der Waals surface area (Å²) in [5, 5.41) is 3.83. The van der Waals surface area contributed by atoms with Gasteiger partial charge in [0, 0.05) is 24.3 Å². The molecule has 2 N–H and O–H groups in total. The van der Waals surface area contributed by atoms with Crippen LogP contribution in [0.5, 0.6) is 17.2 Å². The van der Waals surface area contributed by atoms with Crippen LogP contribution in [0.4, 0.5) is 0 Å². The number of amides is 2. The number of hydrazine groups is 1. The van der Waals surface area contributed by atoms with Crippen LogP contribution in [0, 0.1) is 0 Å². The van der Waals surface area contributed by atoms with Gasteiger partial charge >= 0.3 is 0 Å². The first-order valence-electron chi connectivity index (χ1n) is 8.61. The second-order valence-corrected chi connectivity index (χ2v) is 6.12. The summed E-state index contributed by atoms with van der Waals surface area (Å²) in [7, 11) is 4.36. The Morgan fingerprint density at radius 2 is 1.71 bits per heavy atom. The maximum Gasteiger partial charge on any atom is 0.269 e. The van der Waals surface area contributed by atoms with E-state index in [0.29, 0.717) is 29.0 Å². The maximum atomic E-state index is 12.3. The van der Waals surface area contributed by atoms with Crippen LogP contribution in [-0.2, 0) is 11.2 Å². The second-order valence-electron chi connectivity index (χ2n) is 6.12. The molecule has 0 bridgehead atoms. The topological polar surface area (TPSA) is 125 Å². The second kappa shape index (κ2) is 9.58. The standard InChI is InChI=1S/C18H24N4O6/c1-10(2)17-19-15(28-22-17)7-6-14(23)20-21-18(24)11-8-12(25-3)16(27-5)13(9-11)26-4/h8-10H,6-7H2,1-5H3,(H,20,23)(H,21,24). The number of carbonyl (C=O) groups excluding carboxylic acids is 2. The van der Waals surface area contributed by atoms with Crippen molar-refractivity contribution in [2.75, 3.05) is 21.3 Å². The summed E-state index contributed by atoms with van der Waals surface area (Å²) in [6.07, 6.45) is 0.348. The predicted octanol–water partition coefficient (Wildman–Crippen LogP) is 1.61. The number of aryl methyl sites for hydroxylation is 1. The normalized spacial score (nSPS) is 10.5. The highest BCUT2D eigenvalue weighted by Crippen LogP contribution is 2.38. The molecule has 10 nitrogen and oxygen atoms in total. The first-order valence-corrected chi connectivity index (χ1v) is 8.61. The van der Waals surface area contributed by atoms with Crippen LogP contribution >= 0.6 is 0 Å². The van der Waals surface area contributed by atoms with E-state index in [0.717, 1.165) is 0 Å². The van der Waals surface area contributed by atoms with Crippen LogP contribution in [0.25, 0.3) is 0 Å². The van der Waals surface area contributed by atoms with Crippen molar-refractivity contribution in [1.29, 1.82) is 0 Å². The van der Waals surface area contributed by atoms with E-state index in [1.54, 1.807) is 0 Å². The van der Waals surface area contributed by atoms with Crippen molar-refractivity contribution < 1.29 is 28.3 Å². The lowest BCUT2D eigenvalue weighted by molar-refractivity contribution is -0.121. The van der Waals surface area contributed by atoms with Gasteiger partial charge in [0.2, 0.25) is 17.5 Å². The Balaban J connectivity index is 1.93. The number of carbonyl (C=O) groups is 2. The van der Waals surface area contributed by atoms with E-state index in [4.69, 9.17) is 18.7 Å². The monoisotopic (exact) mass is 392 g/mol. The number of ether oxygens (including phenoxy) is 3. The summed E-state index contributed by atoms with van der Waals surface area (Å²) >= 11 is 0. The van der Waals surface area contributed by atoms with Crippen molar-refractivity contribution in [3.05, 3.63) is 29.4 Å². The molecule has 0 fully saturated rings. The Morgan fingerprint density at radius 3 is 2.21 bits per heavy atom. The molecule has 152 valence electrons. The average Bonchev–Trinajstić information content (AvgIpc) is 3.18. The lowest BCUT2D eigenvalue weighted by atomic mass is 10.1. The van der Waals surface area contributed by atoms with Gasteiger partial charge in [0.05, 0.1) is 21.3 Å². The Kier molecular flexibility index (Phi) is 7.19. The van der Waals surface area contributed by atoms with Crippen LogP contribution in [-0.4, -0.2) is 43.3 Å². The summed E-state index contributed by atoms with van der Waals surface area (Å²) < 4.78 is 20.7. The zero-order valence-corrected chi connectivity index (χ0v) is 16.5. The largest absolute Gasteiger partial charge is 0.493 e. The van der Waals surface area contributed by atoms with Crippen molar-refractivity contribution in [3.63, 3.8) is 0 Å². The molecule has 0 atom stereocenters. The molecule has 0 spiro atoms. The highest BCUT2D eigenvalue weighted by molar-refractivity contribution is 5.96. The molecule has 0 saturated heterocycles. The number of aromatic nitrogens is 2. The molecule has 28 heavy (non-hydrogen) atoms. The van der Waals surface area contributed by atoms with Crippen LogP contribution in [0.1, 0.15) is 48.3 Å². The number of hydrogen-bond acceptors (Lipinski definition) is 8. The lowest BCUT2D eigenvalue weighted by Gasteiger charge is -2.14.